The Labute approximate surface area is 61.9 Å². The number of rotatable bonds is 0. The maximum atomic E-state index is 4.95. The summed E-state index contributed by atoms with van der Waals surface area (Å²) >= 11 is 0. The van der Waals surface area contributed by atoms with E-state index < -0.39 is 0 Å². The minimum absolute atomic E-state index is 0.0705. The van der Waals surface area contributed by atoms with E-state index >= 15 is 0 Å². The highest BCUT2D eigenvalue weighted by atomic mass is 31.1. The van der Waals surface area contributed by atoms with Crippen molar-refractivity contribution in [3.63, 3.8) is 0 Å². The van der Waals surface area contributed by atoms with Crippen molar-refractivity contribution >= 4 is 15.8 Å². The molecule has 0 fully saturated rings. The van der Waals surface area contributed by atoms with Crippen molar-refractivity contribution in [1.29, 1.82) is 0 Å². The Balaban J connectivity index is 0. The smallest absolute Gasteiger partial charge is 0.0335 e. The monoisotopic (exact) mass is 162 g/mol. The van der Waals surface area contributed by atoms with Gasteiger partial charge in [-0.15, -0.1) is 14.3 Å². The third-order valence-corrected chi connectivity index (χ3v) is 0.775. The van der Waals surface area contributed by atoms with Crippen LogP contribution < -0.4 is 0 Å². The fraction of sp³-hybridized carbons (Fsp3) is 0.714. The van der Waals surface area contributed by atoms with Crippen LogP contribution in [0.15, 0.2) is 0 Å². The summed E-state index contributed by atoms with van der Waals surface area (Å²) in [6, 6.07) is 0. The van der Waals surface area contributed by atoms with Gasteiger partial charge in [0.1, 0.15) is 0 Å². The quantitative estimate of drug-likeness (QED) is 0.379. The molecule has 0 N–H and O–H groups in total. The second-order valence-corrected chi connectivity index (χ2v) is 7.10. The van der Waals surface area contributed by atoms with Gasteiger partial charge in [-0.2, -0.15) is 0 Å². The van der Waals surface area contributed by atoms with Crippen molar-refractivity contribution in [3.8, 4) is 12.1 Å². The van der Waals surface area contributed by atoms with E-state index in [-0.39, 0.29) is 7.92 Å². The van der Waals surface area contributed by atoms with Gasteiger partial charge in [0.05, 0.1) is 0 Å². The summed E-state index contributed by atoms with van der Waals surface area (Å²) in [5.41, 5.74) is 2.59. The minimum atomic E-state index is -0.0705. The van der Waals surface area contributed by atoms with Crippen LogP contribution in [0.1, 0.15) is 0 Å². The Hall–Kier alpha value is 0.420. The molecule has 0 amide bonds. The van der Waals surface area contributed by atoms with Crippen LogP contribution >= 0.6 is 15.8 Å². The van der Waals surface area contributed by atoms with Gasteiger partial charge in [0, 0.05) is 0 Å². The van der Waals surface area contributed by atoms with Crippen molar-refractivity contribution in [2.75, 3.05) is 33.3 Å². The number of hydrogen-bond acceptors (Lipinski definition) is 0. The topological polar surface area (TPSA) is 0 Å². The lowest BCUT2D eigenvalue weighted by atomic mass is 11.4. The molecule has 0 aliphatic rings. The molecule has 0 bridgehead atoms. The second kappa shape index (κ2) is 8.42. The van der Waals surface area contributed by atoms with Crippen molar-refractivity contribution in [2.24, 2.45) is 0 Å². The zero-order valence-electron chi connectivity index (χ0n) is 6.97. The molecule has 2 heteroatoms. The van der Waals surface area contributed by atoms with E-state index in [1.165, 1.54) is 0 Å². The Bertz CT molecular complexity index is 76.7. The lowest BCUT2D eigenvalue weighted by molar-refractivity contribution is 2.13. The Morgan fingerprint density at radius 3 is 1.11 bits per heavy atom. The number of hydrogen-bond donors (Lipinski definition) is 0. The largest absolute Gasteiger partial charge is 0.116 e. The molecule has 54 valence electrons. The van der Waals surface area contributed by atoms with Crippen LogP contribution in [-0.4, -0.2) is 33.3 Å². The maximum Gasteiger partial charge on any atom is -0.0335 e. The summed E-state index contributed by atoms with van der Waals surface area (Å²) in [5.74, 6) is 0. The van der Waals surface area contributed by atoms with Gasteiger partial charge in [0.15, 0.2) is 0 Å². The molecular formula is C7H16P2. The summed E-state index contributed by atoms with van der Waals surface area (Å²) in [4.78, 5) is 0. The molecular weight excluding hydrogens is 146 g/mol. The summed E-state index contributed by atoms with van der Waals surface area (Å²) in [7, 11) is 0.309. The first kappa shape index (κ1) is 12.1. The van der Waals surface area contributed by atoms with E-state index in [0.29, 0.717) is 7.92 Å². The van der Waals surface area contributed by atoms with Crippen LogP contribution in [0.5, 0.6) is 0 Å². The van der Waals surface area contributed by atoms with Crippen LogP contribution in [0.4, 0.5) is 0 Å². The van der Waals surface area contributed by atoms with Crippen molar-refractivity contribution in [2.45, 2.75) is 0 Å². The Morgan fingerprint density at radius 2 is 1.11 bits per heavy atom. The first-order chi connectivity index (χ1) is 4.00. The molecule has 0 atom stereocenters. The fourth-order valence-corrected chi connectivity index (χ4v) is 0. The summed E-state index contributed by atoms with van der Waals surface area (Å²) in [6.07, 6.45) is 4.95. The molecule has 0 rings (SSSR count). The van der Waals surface area contributed by atoms with E-state index in [1.807, 2.05) is 0 Å². The van der Waals surface area contributed by atoms with Gasteiger partial charge in [-0.3, -0.25) is 0 Å². The maximum absolute atomic E-state index is 4.95. The second-order valence-electron chi connectivity index (χ2n) is 2.37. The van der Waals surface area contributed by atoms with Crippen LogP contribution in [0.2, 0.25) is 0 Å². The van der Waals surface area contributed by atoms with Crippen molar-refractivity contribution in [1.82, 2.24) is 0 Å². The normalized spacial score (nSPS) is 8.22. The van der Waals surface area contributed by atoms with E-state index in [2.05, 4.69) is 39.0 Å². The van der Waals surface area contributed by atoms with Gasteiger partial charge >= 0.3 is 0 Å². The van der Waals surface area contributed by atoms with Gasteiger partial charge in [0.25, 0.3) is 0 Å². The molecule has 0 aromatic carbocycles. The molecule has 0 heterocycles. The van der Waals surface area contributed by atoms with E-state index in [1.54, 1.807) is 0 Å². The average Bonchev–Trinajstić information content (AvgIpc) is 1.65. The summed E-state index contributed by atoms with van der Waals surface area (Å²) < 4.78 is 0. The predicted octanol–water partition coefficient (Wildman–Crippen LogP) is 2.68. The van der Waals surface area contributed by atoms with Crippen LogP contribution in [0, 0.1) is 12.1 Å². The van der Waals surface area contributed by atoms with Gasteiger partial charge in [-0.1, -0.05) is 5.66 Å². The van der Waals surface area contributed by atoms with Crippen LogP contribution in [0.3, 0.4) is 0 Å². The molecule has 0 nitrogen and oxygen atoms in total. The van der Waals surface area contributed by atoms with E-state index in [4.69, 9.17) is 6.42 Å². The highest BCUT2D eigenvalue weighted by molar-refractivity contribution is 7.61. The zero-order valence-corrected chi connectivity index (χ0v) is 8.76. The van der Waals surface area contributed by atoms with E-state index in [0.717, 1.165) is 0 Å². The molecule has 0 radical (unpaired) electrons. The molecule has 0 aromatic rings. The molecule has 9 heavy (non-hydrogen) atoms. The van der Waals surface area contributed by atoms with Gasteiger partial charge in [0.2, 0.25) is 0 Å². The fourth-order valence-electron chi connectivity index (χ4n) is 0. The van der Waals surface area contributed by atoms with Crippen LogP contribution in [0.25, 0.3) is 0 Å². The Morgan fingerprint density at radius 1 is 1.00 bits per heavy atom. The Kier molecular flexibility index (Phi) is 11.3. The third-order valence-electron chi connectivity index (χ3n) is 0.258. The predicted molar refractivity (Wildman–Crippen MR) is 52.3 cm³/mol. The highest BCUT2D eigenvalue weighted by Gasteiger charge is 1.72. The standard InChI is InChI=1S/C4H7P.C3H9P/c1-4-5(2)3;1-4(2)3/h1H,2-3H3;1-3H3. The zero-order chi connectivity index (χ0) is 7.86. The van der Waals surface area contributed by atoms with Crippen molar-refractivity contribution < 1.29 is 0 Å². The third kappa shape index (κ3) is 59.3. The molecule has 0 saturated heterocycles. The SMILES string of the molecule is C#CP(C)C.CP(C)C. The number of terminal acetylenes is 1. The highest BCUT2D eigenvalue weighted by Crippen LogP contribution is 2.19. The van der Waals surface area contributed by atoms with Gasteiger partial charge < -0.3 is 0 Å². The molecule has 0 unspecified atom stereocenters. The minimum Gasteiger partial charge on any atom is -0.116 e. The van der Waals surface area contributed by atoms with Gasteiger partial charge in [-0.25, -0.2) is 0 Å². The molecule has 0 spiro atoms. The van der Waals surface area contributed by atoms with Gasteiger partial charge in [-0.05, 0) is 41.2 Å². The lowest BCUT2D eigenvalue weighted by Gasteiger charge is -1.81. The molecule has 0 aromatic heterocycles. The summed E-state index contributed by atoms with van der Waals surface area (Å²) in [6.45, 7) is 10.8. The van der Waals surface area contributed by atoms with E-state index in [9.17, 15) is 0 Å². The lowest BCUT2D eigenvalue weighted by Crippen LogP contribution is -1.49. The average molecular weight is 162 g/mol. The first-order valence-electron chi connectivity index (χ1n) is 2.75. The molecule has 0 saturated carbocycles. The summed E-state index contributed by atoms with van der Waals surface area (Å²) in [5, 5.41) is 0. The molecule has 0 aliphatic heterocycles. The first-order valence-corrected chi connectivity index (χ1v) is 7.67. The van der Waals surface area contributed by atoms with Crippen molar-refractivity contribution in [3.05, 3.63) is 0 Å². The molecule has 0 aliphatic carbocycles. The van der Waals surface area contributed by atoms with Crippen LogP contribution in [-0.2, 0) is 0 Å².